The number of nitrogen functional groups attached to an aromatic ring is 1. The van der Waals surface area contributed by atoms with Crippen LogP contribution in [0.4, 0.5) is 5.69 Å². The van der Waals surface area contributed by atoms with Gasteiger partial charge in [-0.3, -0.25) is 4.68 Å². The summed E-state index contributed by atoms with van der Waals surface area (Å²) in [4.78, 5) is 0. The third-order valence-corrected chi connectivity index (χ3v) is 2.25. The Morgan fingerprint density at radius 1 is 1.79 bits per heavy atom. The van der Waals surface area contributed by atoms with Crippen molar-refractivity contribution in [2.45, 2.75) is 18.9 Å². The van der Waals surface area contributed by atoms with Crippen LogP contribution >= 0.6 is 0 Å². The van der Waals surface area contributed by atoms with Crippen molar-refractivity contribution in [1.29, 1.82) is 0 Å². The number of anilines is 1. The van der Waals surface area contributed by atoms with Crippen LogP contribution in [0.25, 0.3) is 0 Å². The Kier molecular flexibility index (Phi) is 2.58. The summed E-state index contributed by atoms with van der Waals surface area (Å²) >= 11 is 0. The van der Waals surface area contributed by atoms with Gasteiger partial charge < -0.3 is 15.2 Å². The lowest BCUT2D eigenvalue weighted by Gasteiger charge is -2.09. The topological polar surface area (TPSA) is 62.3 Å². The Bertz CT molecular complexity index is 305. The maximum absolute atomic E-state index is 5.68. The predicted octanol–water partition coefficient (Wildman–Crippen LogP) is 0.560. The largest absolute Gasteiger partial charge is 0.472 e. The molecule has 2 N–H and O–H groups in total. The zero-order valence-electron chi connectivity index (χ0n) is 8.27. The number of rotatable bonds is 3. The molecule has 0 spiro atoms. The Morgan fingerprint density at radius 3 is 3.21 bits per heavy atom. The SMILES string of the molecule is Cn1cc(N)c(OCC2CCCO2)n1. The van der Waals surface area contributed by atoms with E-state index in [1.807, 2.05) is 7.05 Å². The first-order chi connectivity index (χ1) is 6.75. The number of nitrogens with two attached hydrogens (primary N) is 1. The maximum Gasteiger partial charge on any atom is 0.256 e. The van der Waals surface area contributed by atoms with E-state index in [1.54, 1.807) is 10.9 Å². The minimum Gasteiger partial charge on any atom is -0.472 e. The van der Waals surface area contributed by atoms with Gasteiger partial charge in [-0.15, -0.1) is 5.10 Å². The molecule has 0 bridgehead atoms. The van der Waals surface area contributed by atoms with Crippen molar-refractivity contribution in [3.05, 3.63) is 6.20 Å². The molecule has 1 atom stereocenters. The van der Waals surface area contributed by atoms with Crippen molar-refractivity contribution < 1.29 is 9.47 Å². The van der Waals surface area contributed by atoms with Crippen molar-refractivity contribution >= 4 is 5.69 Å². The molecular weight excluding hydrogens is 182 g/mol. The molecular formula is C9H15N3O2. The fourth-order valence-corrected chi connectivity index (χ4v) is 1.55. The molecule has 14 heavy (non-hydrogen) atoms. The van der Waals surface area contributed by atoms with Crippen LogP contribution in [0.15, 0.2) is 6.20 Å². The molecule has 1 aromatic rings. The lowest BCUT2D eigenvalue weighted by Crippen LogP contribution is -2.16. The van der Waals surface area contributed by atoms with Crippen LogP contribution in [-0.4, -0.2) is 29.1 Å². The zero-order chi connectivity index (χ0) is 9.97. The van der Waals surface area contributed by atoms with E-state index in [9.17, 15) is 0 Å². The van der Waals surface area contributed by atoms with Gasteiger partial charge >= 0.3 is 0 Å². The van der Waals surface area contributed by atoms with E-state index < -0.39 is 0 Å². The highest BCUT2D eigenvalue weighted by Gasteiger charge is 2.17. The highest BCUT2D eigenvalue weighted by molar-refractivity contribution is 5.45. The molecule has 5 nitrogen and oxygen atoms in total. The second kappa shape index (κ2) is 3.88. The van der Waals surface area contributed by atoms with E-state index in [2.05, 4.69) is 5.10 Å². The molecule has 0 amide bonds. The van der Waals surface area contributed by atoms with Crippen LogP contribution in [0.2, 0.25) is 0 Å². The minimum absolute atomic E-state index is 0.205. The van der Waals surface area contributed by atoms with E-state index in [-0.39, 0.29) is 6.10 Å². The Labute approximate surface area is 82.8 Å². The van der Waals surface area contributed by atoms with Crippen molar-refractivity contribution in [3.63, 3.8) is 0 Å². The molecule has 5 heteroatoms. The average Bonchev–Trinajstić information content (AvgIpc) is 2.72. The number of ether oxygens (including phenoxy) is 2. The summed E-state index contributed by atoms with van der Waals surface area (Å²) in [5.41, 5.74) is 6.25. The summed E-state index contributed by atoms with van der Waals surface area (Å²) in [5.74, 6) is 0.503. The van der Waals surface area contributed by atoms with Gasteiger partial charge in [0, 0.05) is 13.7 Å². The third kappa shape index (κ3) is 1.98. The molecule has 0 aromatic carbocycles. The van der Waals surface area contributed by atoms with Gasteiger partial charge in [0.2, 0.25) is 0 Å². The molecule has 0 aliphatic carbocycles. The lowest BCUT2D eigenvalue weighted by atomic mass is 10.2. The first-order valence-corrected chi connectivity index (χ1v) is 4.79. The second-order valence-corrected chi connectivity index (χ2v) is 3.51. The van der Waals surface area contributed by atoms with Crippen LogP contribution in [0.3, 0.4) is 0 Å². The van der Waals surface area contributed by atoms with Crippen molar-refractivity contribution in [1.82, 2.24) is 9.78 Å². The first kappa shape index (κ1) is 9.33. The molecule has 1 saturated heterocycles. The van der Waals surface area contributed by atoms with Gasteiger partial charge in [0.15, 0.2) is 0 Å². The van der Waals surface area contributed by atoms with Gasteiger partial charge in [0.25, 0.3) is 5.88 Å². The number of nitrogens with zero attached hydrogens (tertiary/aromatic N) is 2. The van der Waals surface area contributed by atoms with E-state index in [0.717, 1.165) is 19.4 Å². The van der Waals surface area contributed by atoms with E-state index >= 15 is 0 Å². The van der Waals surface area contributed by atoms with Gasteiger partial charge in [-0.2, -0.15) is 0 Å². The molecule has 1 aromatic heterocycles. The Hall–Kier alpha value is -1.23. The summed E-state index contributed by atoms with van der Waals surface area (Å²) in [5, 5.41) is 4.09. The molecule has 2 heterocycles. The zero-order valence-corrected chi connectivity index (χ0v) is 8.27. The predicted molar refractivity (Wildman–Crippen MR) is 52.1 cm³/mol. The van der Waals surface area contributed by atoms with Gasteiger partial charge in [-0.1, -0.05) is 0 Å². The maximum atomic E-state index is 5.68. The molecule has 1 aliphatic heterocycles. The molecule has 1 fully saturated rings. The molecule has 1 unspecified atom stereocenters. The standard InChI is InChI=1S/C9H15N3O2/c1-12-5-8(10)9(11-12)14-6-7-3-2-4-13-7/h5,7H,2-4,6,10H2,1H3. The lowest BCUT2D eigenvalue weighted by molar-refractivity contribution is 0.0664. The highest BCUT2D eigenvalue weighted by Crippen LogP contribution is 2.19. The van der Waals surface area contributed by atoms with Gasteiger partial charge in [0.05, 0.1) is 12.3 Å². The first-order valence-electron chi connectivity index (χ1n) is 4.79. The van der Waals surface area contributed by atoms with E-state index in [1.165, 1.54) is 0 Å². The summed E-state index contributed by atoms with van der Waals surface area (Å²) < 4.78 is 12.5. The Balaban J connectivity index is 1.87. The minimum atomic E-state index is 0.205. The van der Waals surface area contributed by atoms with Crippen LogP contribution in [-0.2, 0) is 11.8 Å². The summed E-state index contributed by atoms with van der Waals surface area (Å²) in [7, 11) is 1.81. The van der Waals surface area contributed by atoms with Gasteiger partial charge in [0.1, 0.15) is 12.3 Å². The van der Waals surface area contributed by atoms with Crippen molar-refractivity contribution in [3.8, 4) is 5.88 Å². The van der Waals surface area contributed by atoms with Crippen LogP contribution in [0.5, 0.6) is 5.88 Å². The number of aryl methyl sites for hydroxylation is 1. The summed E-state index contributed by atoms with van der Waals surface area (Å²) in [6.45, 7) is 1.38. The smallest absolute Gasteiger partial charge is 0.256 e. The van der Waals surface area contributed by atoms with Crippen molar-refractivity contribution in [2.75, 3.05) is 18.9 Å². The normalized spacial score (nSPS) is 21.4. The average molecular weight is 197 g/mol. The van der Waals surface area contributed by atoms with E-state index in [0.29, 0.717) is 18.2 Å². The Morgan fingerprint density at radius 2 is 2.64 bits per heavy atom. The van der Waals surface area contributed by atoms with Gasteiger partial charge in [-0.25, -0.2) is 0 Å². The molecule has 0 saturated carbocycles. The highest BCUT2D eigenvalue weighted by atomic mass is 16.5. The molecule has 1 aliphatic rings. The monoisotopic (exact) mass is 197 g/mol. The fraction of sp³-hybridized carbons (Fsp3) is 0.667. The number of aromatic nitrogens is 2. The number of hydrogen-bond acceptors (Lipinski definition) is 4. The van der Waals surface area contributed by atoms with Crippen LogP contribution < -0.4 is 10.5 Å². The molecule has 0 radical (unpaired) electrons. The van der Waals surface area contributed by atoms with Crippen LogP contribution in [0.1, 0.15) is 12.8 Å². The quantitative estimate of drug-likeness (QED) is 0.769. The summed E-state index contributed by atoms with van der Waals surface area (Å²) in [6, 6.07) is 0. The fourth-order valence-electron chi connectivity index (χ4n) is 1.55. The molecule has 78 valence electrons. The number of hydrogen-bond donors (Lipinski definition) is 1. The van der Waals surface area contributed by atoms with E-state index in [4.69, 9.17) is 15.2 Å². The van der Waals surface area contributed by atoms with Crippen molar-refractivity contribution in [2.24, 2.45) is 7.05 Å². The molecule has 2 rings (SSSR count). The third-order valence-electron chi connectivity index (χ3n) is 2.25. The second-order valence-electron chi connectivity index (χ2n) is 3.51. The van der Waals surface area contributed by atoms with Gasteiger partial charge in [-0.05, 0) is 12.8 Å². The summed E-state index contributed by atoms with van der Waals surface area (Å²) in [6.07, 6.45) is 4.11. The van der Waals surface area contributed by atoms with Crippen LogP contribution in [0, 0.1) is 0 Å².